The van der Waals surface area contributed by atoms with E-state index >= 15 is 0 Å². The molecule has 2 N–H and O–H groups in total. The van der Waals surface area contributed by atoms with Gasteiger partial charge in [-0.15, -0.1) is 0 Å². The molecule has 162 valence electrons. The summed E-state index contributed by atoms with van der Waals surface area (Å²) in [5.74, 6) is 2.35. The largest absolute Gasteiger partial charge is 0.507 e. The standard InChI is InChI=1S/C23H26BrN5O2/c24-18-13-26-29-21(11-19(27-23(18)29)17-5-1-2-6-20(17)30)25-12-16-4-3-9-28(14-16)22(31)10-15-7-8-15/h1-2,5-6,11,13,15-16,25,30H,3-4,7-10,12,14H2. The second-order valence-corrected chi connectivity index (χ2v) is 9.50. The van der Waals surface area contributed by atoms with E-state index in [-0.39, 0.29) is 5.75 Å². The number of amides is 1. The molecular weight excluding hydrogens is 458 g/mol. The van der Waals surface area contributed by atoms with Crippen molar-refractivity contribution >= 4 is 33.3 Å². The molecule has 1 unspecified atom stereocenters. The van der Waals surface area contributed by atoms with E-state index in [1.807, 2.05) is 23.1 Å². The maximum Gasteiger partial charge on any atom is 0.222 e. The number of para-hydroxylation sites is 1. The summed E-state index contributed by atoms with van der Waals surface area (Å²) in [6, 6.07) is 9.11. The van der Waals surface area contributed by atoms with Crippen LogP contribution in [0.2, 0.25) is 0 Å². The van der Waals surface area contributed by atoms with E-state index in [9.17, 15) is 9.90 Å². The van der Waals surface area contributed by atoms with Gasteiger partial charge in [-0.1, -0.05) is 12.1 Å². The fourth-order valence-corrected chi connectivity index (χ4v) is 4.64. The Bertz CT molecular complexity index is 1110. The van der Waals surface area contributed by atoms with Crippen molar-refractivity contribution in [2.75, 3.05) is 25.0 Å². The quantitative estimate of drug-likeness (QED) is 0.545. The molecule has 1 aromatic carbocycles. The molecule has 1 aliphatic heterocycles. The average Bonchev–Trinajstić information content (AvgIpc) is 3.52. The number of nitrogens with zero attached hydrogens (tertiary/aromatic N) is 4. The molecule has 7 nitrogen and oxygen atoms in total. The fraction of sp³-hybridized carbons (Fsp3) is 0.435. The van der Waals surface area contributed by atoms with Gasteiger partial charge in [0.1, 0.15) is 11.6 Å². The van der Waals surface area contributed by atoms with E-state index in [0.29, 0.717) is 34.6 Å². The number of halogens is 1. The minimum absolute atomic E-state index is 0.193. The zero-order chi connectivity index (χ0) is 21.4. The Hall–Kier alpha value is -2.61. The number of fused-ring (bicyclic) bond motifs is 1. The van der Waals surface area contributed by atoms with Crippen molar-refractivity contribution in [2.24, 2.45) is 11.8 Å². The smallest absolute Gasteiger partial charge is 0.222 e. The molecule has 1 atom stereocenters. The molecule has 2 fully saturated rings. The number of hydrogen-bond acceptors (Lipinski definition) is 5. The van der Waals surface area contributed by atoms with Crippen LogP contribution in [0.15, 0.2) is 41.0 Å². The number of hydrogen-bond donors (Lipinski definition) is 2. The van der Waals surface area contributed by atoms with Crippen LogP contribution in [0, 0.1) is 11.8 Å². The number of carbonyl (C=O) groups is 1. The first-order valence-corrected chi connectivity index (χ1v) is 11.7. The van der Waals surface area contributed by atoms with Crippen LogP contribution in [0.25, 0.3) is 16.9 Å². The molecule has 31 heavy (non-hydrogen) atoms. The monoisotopic (exact) mass is 483 g/mol. The van der Waals surface area contributed by atoms with Gasteiger partial charge in [-0.2, -0.15) is 9.61 Å². The van der Waals surface area contributed by atoms with E-state index in [2.05, 4.69) is 26.3 Å². The van der Waals surface area contributed by atoms with Gasteiger partial charge in [-0.25, -0.2) is 4.98 Å². The highest BCUT2D eigenvalue weighted by atomic mass is 79.9. The molecule has 5 rings (SSSR count). The van der Waals surface area contributed by atoms with E-state index in [1.165, 1.54) is 12.8 Å². The lowest BCUT2D eigenvalue weighted by Gasteiger charge is -2.33. The summed E-state index contributed by atoms with van der Waals surface area (Å²) >= 11 is 3.52. The number of nitrogens with one attached hydrogen (secondary N) is 1. The van der Waals surface area contributed by atoms with E-state index in [0.717, 1.165) is 49.2 Å². The van der Waals surface area contributed by atoms with E-state index in [4.69, 9.17) is 4.98 Å². The molecule has 0 spiro atoms. The Labute approximate surface area is 189 Å². The number of likely N-dealkylation sites (tertiary alicyclic amines) is 1. The topological polar surface area (TPSA) is 82.8 Å². The number of phenols is 1. The number of rotatable bonds is 6. The van der Waals surface area contributed by atoms with Crippen molar-refractivity contribution in [1.82, 2.24) is 19.5 Å². The number of carbonyl (C=O) groups excluding carboxylic acids is 1. The fourth-order valence-electron chi connectivity index (χ4n) is 4.30. The normalized spacial score (nSPS) is 19.0. The third-order valence-electron chi connectivity index (χ3n) is 6.21. The SMILES string of the molecule is O=C(CC1CC1)N1CCCC(CNc2cc(-c3ccccc3O)nc3c(Br)cnn23)C1. The van der Waals surface area contributed by atoms with Gasteiger partial charge in [0, 0.05) is 37.7 Å². The molecule has 1 amide bonds. The highest BCUT2D eigenvalue weighted by molar-refractivity contribution is 9.10. The molecule has 8 heteroatoms. The number of benzene rings is 1. The van der Waals surface area contributed by atoms with Gasteiger partial charge in [0.25, 0.3) is 0 Å². The molecule has 1 saturated carbocycles. The molecule has 3 heterocycles. The van der Waals surface area contributed by atoms with Gasteiger partial charge in [-0.3, -0.25) is 4.79 Å². The number of anilines is 1. The Balaban J connectivity index is 1.35. The lowest BCUT2D eigenvalue weighted by Crippen LogP contribution is -2.42. The van der Waals surface area contributed by atoms with Gasteiger partial charge < -0.3 is 15.3 Å². The van der Waals surface area contributed by atoms with Crippen molar-refractivity contribution in [3.63, 3.8) is 0 Å². The summed E-state index contributed by atoms with van der Waals surface area (Å²) in [5, 5.41) is 18.3. The maximum atomic E-state index is 12.5. The highest BCUT2D eigenvalue weighted by Crippen LogP contribution is 2.34. The summed E-state index contributed by atoms with van der Waals surface area (Å²) in [6.45, 7) is 2.44. The predicted molar refractivity (Wildman–Crippen MR) is 123 cm³/mol. The number of aromatic nitrogens is 3. The molecule has 1 saturated heterocycles. The summed E-state index contributed by atoms with van der Waals surface area (Å²) < 4.78 is 2.56. The third-order valence-corrected chi connectivity index (χ3v) is 6.77. The molecule has 2 aromatic heterocycles. The molecule has 2 aliphatic rings. The third kappa shape index (κ3) is 4.39. The van der Waals surface area contributed by atoms with Crippen LogP contribution in [-0.4, -0.2) is 50.1 Å². The molecular formula is C23H26BrN5O2. The number of phenolic OH excluding ortho intramolecular Hbond substituents is 1. The Morgan fingerprint density at radius 2 is 2.06 bits per heavy atom. The first-order chi connectivity index (χ1) is 15.1. The molecule has 1 aliphatic carbocycles. The van der Waals surface area contributed by atoms with Crippen molar-refractivity contribution in [2.45, 2.75) is 32.1 Å². The Morgan fingerprint density at radius 3 is 2.87 bits per heavy atom. The summed E-state index contributed by atoms with van der Waals surface area (Å²) in [7, 11) is 0. The van der Waals surface area contributed by atoms with Gasteiger partial charge in [-0.05, 0) is 65.6 Å². The average molecular weight is 484 g/mol. The van der Waals surface area contributed by atoms with Crippen LogP contribution >= 0.6 is 15.9 Å². The zero-order valence-electron chi connectivity index (χ0n) is 17.3. The van der Waals surface area contributed by atoms with Crippen LogP contribution in [0.1, 0.15) is 32.1 Å². The Morgan fingerprint density at radius 1 is 1.23 bits per heavy atom. The lowest BCUT2D eigenvalue weighted by molar-refractivity contribution is -0.133. The second kappa shape index (κ2) is 8.49. The second-order valence-electron chi connectivity index (χ2n) is 8.65. The van der Waals surface area contributed by atoms with Crippen molar-refractivity contribution in [3.8, 4) is 17.0 Å². The number of aromatic hydroxyl groups is 1. The van der Waals surface area contributed by atoms with Crippen molar-refractivity contribution in [3.05, 3.63) is 41.0 Å². The van der Waals surface area contributed by atoms with Crippen molar-refractivity contribution in [1.29, 1.82) is 0 Å². The summed E-state index contributed by atoms with van der Waals surface area (Å²) in [5.41, 5.74) is 2.04. The maximum absolute atomic E-state index is 12.5. The highest BCUT2D eigenvalue weighted by Gasteiger charge is 2.29. The van der Waals surface area contributed by atoms with Crippen LogP contribution in [0.3, 0.4) is 0 Å². The summed E-state index contributed by atoms with van der Waals surface area (Å²) in [4.78, 5) is 19.3. The lowest BCUT2D eigenvalue weighted by atomic mass is 9.97. The molecule has 0 bridgehead atoms. The van der Waals surface area contributed by atoms with Gasteiger partial charge in [0.05, 0.1) is 16.4 Å². The minimum atomic E-state index is 0.193. The predicted octanol–water partition coefficient (Wildman–Crippen LogP) is 4.32. The van der Waals surface area contributed by atoms with E-state index in [1.54, 1.807) is 22.8 Å². The first kappa shape index (κ1) is 20.3. The van der Waals surface area contributed by atoms with Crippen LogP contribution < -0.4 is 5.32 Å². The van der Waals surface area contributed by atoms with Crippen molar-refractivity contribution < 1.29 is 9.90 Å². The van der Waals surface area contributed by atoms with Crippen LogP contribution in [0.5, 0.6) is 5.75 Å². The zero-order valence-corrected chi connectivity index (χ0v) is 18.9. The van der Waals surface area contributed by atoms with Gasteiger partial charge in [0.2, 0.25) is 5.91 Å². The van der Waals surface area contributed by atoms with E-state index < -0.39 is 0 Å². The first-order valence-electron chi connectivity index (χ1n) is 10.9. The molecule has 3 aromatic rings. The molecule has 0 radical (unpaired) electrons. The Kier molecular flexibility index (Phi) is 5.56. The summed E-state index contributed by atoms with van der Waals surface area (Å²) in [6.07, 6.45) is 7.01. The minimum Gasteiger partial charge on any atom is -0.507 e. The van der Waals surface area contributed by atoms with Gasteiger partial charge in [0.15, 0.2) is 5.65 Å². The van der Waals surface area contributed by atoms with Crippen LogP contribution in [-0.2, 0) is 4.79 Å². The van der Waals surface area contributed by atoms with Crippen LogP contribution in [0.4, 0.5) is 5.82 Å². The number of piperidine rings is 1. The van der Waals surface area contributed by atoms with Gasteiger partial charge >= 0.3 is 0 Å².